The SMILES string of the molecule is CC[C@@H](C(=O)N[C@@H]1C[C@@H]2CC[C@@H]1C2)N(c1ccc(Cl)cc1)S(C)(=O)=O. The van der Waals surface area contributed by atoms with Crippen molar-refractivity contribution >= 4 is 33.2 Å². The summed E-state index contributed by atoms with van der Waals surface area (Å²) in [6, 6.07) is 5.97. The van der Waals surface area contributed by atoms with Gasteiger partial charge in [0.25, 0.3) is 0 Å². The summed E-state index contributed by atoms with van der Waals surface area (Å²) in [6.07, 6.45) is 6.17. The molecule has 0 radical (unpaired) electrons. The average molecular weight is 385 g/mol. The van der Waals surface area contributed by atoms with E-state index in [1.54, 1.807) is 24.3 Å². The summed E-state index contributed by atoms with van der Waals surface area (Å²) >= 11 is 5.91. The number of hydrogen-bond acceptors (Lipinski definition) is 3. The number of amides is 1. The van der Waals surface area contributed by atoms with Crippen LogP contribution < -0.4 is 9.62 Å². The van der Waals surface area contributed by atoms with Crippen molar-refractivity contribution in [3.8, 4) is 0 Å². The maximum atomic E-state index is 12.9. The highest BCUT2D eigenvalue weighted by atomic mass is 35.5. The summed E-state index contributed by atoms with van der Waals surface area (Å²) in [6.45, 7) is 1.83. The van der Waals surface area contributed by atoms with E-state index in [0.717, 1.165) is 18.6 Å². The molecule has 25 heavy (non-hydrogen) atoms. The first kappa shape index (κ1) is 18.5. The number of fused-ring (bicyclic) bond motifs is 2. The Hall–Kier alpha value is -1.27. The lowest BCUT2D eigenvalue weighted by atomic mass is 9.95. The number of benzene rings is 1. The quantitative estimate of drug-likeness (QED) is 0.819. The lowest BCUT2D eigenvalue weighted by Crippen LogP contribution is -2.52. The van der Waals surface area contributed by atoms with Crippen LogP contribution in [0, 0.1) is 11.8 Å². The monoisotopic (exact) mass is 384 g/mol. The number of sulfonamides is 1. The third-order valence-corrected chi connectivity index (χ3v) is 6.91. The van der Waals surface area contributed by atoms with Crippen LogP contribution in [0.15, 0.2) is 24.3 Å². The van der Waals surface area contributed by atoms with Crippen LogP contribution in [0.1, 0.15) is 39.0 Å². The van der Waals surface area contributed by atoms with Gasteiger partial charge in [0.1, 0.15) is 6.04 Å². The first-order valence-corrected chi connectivity index (χ1v) is 11.1. The molecule has 2 saturated carbocycles. The number of carbonyl (C=O) groups excluding carboxylic acids is 1. The highest BCUT2D eigenvalue weighted by Gasteiger charge is 2.41. The van der Waals surface area contributed by atoms with E-state index in [-0.39, 0.29) is 11.9 Å². The van der Waals surface area contributed by atoms with Gasteiger partial charge in [-0.2, -0.15) is 0 Å². The van der Waals surface area contributed by atoms with Gasteiger partial charge in [0.15, 0.2) is 0 Å². The third kappa shape index (κ3) is 3.95. The molecule has 1 amide bonds. The largest absolute Gasteiger partial charge is 0.351 e. The minimum atomic E-state index is -3.60. The molecule has 1 aromatic carbocycles. The molecule has 2 fully saturated rings. The van der Waals surface area contributed by atoms with Crippen LogP contribution in [0.25, 0.3) is 0 Å². The first-order valence-electron chi connectivity index (χ1n) is 8.85. The van der Waals surface area contributed by atoms with E-state index in [0.29, 0.717) is 23.0 Å². The smallest absolute Gasteiger partial charge is 0.244 e. The van der Waals surface area contributed by atoms with Crippen molar-refractivity contribution < 1.29 is 13.2 Å². The molecule has 0 aromatic heterocycles. The molecule has 0 spiro atoms. The molecule has 0 saturated heterocycles. The fourth-order valence-electron chi connectivity index (χ4n) is 4.35. The van der Waals surface area contributed by atoms with Gasteiger partial charge in [-0.15, -0.1) is 0 Å². The molecule has 2 aliphatic rings. The van der Waals surface area contributed by atoms with Gasteiger partial charge in [-0.05, 0) is 61.8 Å². The first-order chi connectivity index (χ1) is 11.8. The molecule has 1 N–H and O–H groups in total. The fraction of sp³-hybridized carbons (Fsp3) is 0.611. The van der Waals surface area contributed by atoms with Crippen molar-refractivity contribution in [2.24, 2.45) is 11.8 Å². The van der Waals surface area contributed by atoms with Gasteiger partial charge in [-0.1, -0.05) is 24.9 Å². The predicted octanol–water partition coefficient (Wildman–Crippen LogP) is 3.19. The summed E-state index contributed by atoms with van der Waals surface area (Å²) < 4.78 is 26.0. The molecule has 0 heterocycles. The molecular weight excluding hydrogens is 360 g/mol. The Labute approximate surface area is 154 Å². The Morgan fingerprint density at radius 3 is 2.44 bits per heavy atom. The zero-order valence-corrected chi connectivity index (χ0v) is 16.2. The second-order valence-corrected chi connectivity index (χ2v) is 9.55. The molecule has 2 aliphatic carbocycles. The maximum Gasteiger partial charge on any atom is 0.244 e. The molecule has 138 valence electrons. The van der Waals surface area contributed by atoms with Crippen molar-refractivity contribution in [1.82, 2.24) is 5.32 Å². The van der Waals surface area contributed by atoms with Crippen molar-refractivity contribution in [3.05, 3.63) is 29.3 Å². The Morgan fingerprint density at radius 1 is 1.28 bits per heavy atom. The minimum Gasteiger partial charge on any atom is -0.351 e. The van der Waals surface area contributed by atoms with Gasteiger partial charge in [-0.25, -0.2) is 8.42 Å². The predicted molar refractivity (Wildman–Crippen MR) is 100 cm³/mol. The van der Waals surface area contributed by atoms with Crippen molar-refractivity contribution in [2.45, 2.75) is 51.1 Å². The van der Waals surface area contributed by atoms with Crippen LogP contribution in [0.5, 0.6) is 0 Å². The zero-order valence-electron chi connectivity index (χ0n) is 14.6. The van der Waals surface area contributed by atoms with Gasteiger partial charge in [-0.3, -0.25) is 9.10 Å². The summed E-state index contributed by atoms with van der Waals surface area (Å²) in [4.78, 5) is 12.9. The molecule has 4 atom stereocenters. The van der Waals surface area contributed by atoms with Gasteiger partial charge >= 0.3 is 0 Å². The topological polar surface area (TPSA) is 66.5 Å². The summed E-state index contributed by atoms with van der Waals surface area (Å²) in [7, 11) is -3.60. The van der Waals surface area contributed by atoms with E-state index >= 15 is 0 Å². The van der Waals surface area contributed by atoms with Gasteiger partial charge in [0.05, 0.1) is 11.9 Å². The van der Waals surface area contributed by atoms with Crippen LogP contribution in [0.3, 0.4) is 0 Å². The second-order valence-electron chi connectivity index (χ2n) is 7.25. The number of rotatable bonds is 6. The number of nitrogens with zero attached hydrogens (tertiary/aromatic N) is 1. The van der Waals surface area contributed by atoms with Crippen molar-refractivity contribution in [3.63, 3.8) is 0 Å². The Morgan fingerprint density at radius 2 is 1.96 bits per heavy atom. The Kier molecular flexibility index (Phi) is 5.30. The number of anilines is 1. The standard InChI is InChI=1S/C18H25ClN2O3S/c1-3-17(18(22)20-16-11-12-4-5-13(16)10-12)21(25(2,23)24)15-8-6-14(19)7-9-15/h6-9,12-13,16-17H,3-5,10-11H2,1-2H3,(H,20,22)/t12-,13-,16-,17+/m1/s1. The molecule has 1 aromatic rings. The highest BCUT2D eigenvalue weighted by Crippen LogP contribution is 2.44. The molecule has 7 heteroatoms. The molecule has 2 bridgehead atoms. The molecule has 0 unspecified atom stereocenters. The fourth-order valence-corrected chi connectivity index (χ4v) is 5.69. The van der Waals surface area contributed by atoms with E-state index in [1.165, 1.54) is 23.6 Å². The van der Waals surface area contributed by atoms with E-state index in [9.17, 15) is 13.2 Å². The summed E-state index contributed by atoms with van der Waals surface area (Å²) in [5, 5.41) is 3.65. The summed E-state index contributed by atoms with van der Waals surface area (Å²) in [5.74, 6) is 1.06. The Bertz CT molecular complexity index is 735. The molecular formula is C18H25ClN2O3S. The number of carbonyl (C=O) groups is 1. The number of nitrogens with one attached hydrogen (secondary N) is 1. The Balaban J connectivity index is 1.82. The van der Waals surface area contributed by atoms with Crippen LogP contribution in [-0.2, 0) is 14.8 Å². The van der Waals surface area contributed by atoms with Gasteiger partial charge in [0.2, 0.25) is 15.9 Å². The maximum absolute atomic E-state index is 12.9. The zero-order chi connectivity index (χ0) is 18.2. The van der Waals surface area contributed by atoms with Crippen molar-refractivity contribution in [2.75, 3.05) is 10.6 Å². The van der Waals surface area contributed by atoms with Crippen LogP contribution in [0.4, 0.5) is 5.69 Å². The van der Waals surface area contributed by atoms with Gasteiger partial charge in [0, 0.05) is 11.1 Å². The molecule has 3 rings (SSSR count). The minimum absolute atomic E-state index is 0.187. The van der Waals surface area contributed by atoms with E-state index in [1.807, 2.05) is 6.92 Å². The normalized spacial score (nSPS) is 26.4. The van der Waals surface area contributed by atoms with Gasteiger partial charge < -0.3 is 5.32 Å². The van der Waals surface area contributed by atoms with Crippen molar-refractivity contribution in [1.29, 1.82) is 0 Å². The number of halogens is 1. The third-order valence-electron chi connectivity index (χ3n) is 5.48. The number of hydrogen-bond donors (Lipinski definition) is 1. The average Bonchev–Trinajstić information content (AvgIpc) is 3.15. The van der Waals surface area contributed by atoms with Crippen LogP contribution >= 0.6 is 11.6 Å². The second kappa shape index (κ2) is 7.16. The van der Waals surface area contributed by atoms with Crippen LogP contribution in [0.2, 0.25) is 5.02 Å². The lowest BCUT2D eigenvalue weighted by Gasteiger charge is -2.32. The molecule has 0 aliphatic heterocycles. The summed E-state index contributed by atoms with van der Waals surface area (Å²) in [5.41, 5.74) is 0.460. The van der Waals surface area contributed by atoms with E-state index in [4.69, 9.17) is 11.6 Å². The van der Waals surface area contributed by atoms with E-state index in [2.05, 4.69) is 5.32 Å². The van der Waals surface area contributed by atoms with E-state index < -0.39 is 16.1 Å². The van der Waals surface area contributed by atoms with Crippen LogP contribution in [-0.4, -0.2) is 32.7 Å². The molecule has 5 nitrogen and oxygen atoms in total. The lowest BCUT2D eigenvalue weighted by molar-refractivity contribution is -0.123. The highest BCUT2D eigenvalue weighted by molar-refractivity contribution is 7.92.